The first-order valence-corrected chi connectivity index (χ1v) is 10.1. The first-order chi connectivity index (χ1) is 12.2. The van der Waals surface area contributed by atoms with E-state index in [1.807, 2.05) is 0 Å². The van der Waals surface area contributed by atoms with Gasteiger partial charge in [-0.3, -0.25) is 0 Å². The van der Waals surface area contributed by atoms with Crippen LogP contribution in [-0.2, 0) is 9.31 Å². The molecule has 0 saturated carbocycles. The van der Waals surface area contributed by atoms with Crippen molar-refractivity contribution in [1.82, 2.24) is 4.90 Å². The molecule has 1 aromatic rings. The van der Waals surface area contributed by atoms with Crippen molar-refractivity contribution in [2.24, 2.45) is 0 Å². The topological polar surface area (TPSA) is 30.9 Å². The normalized spacial score (nSPS) is 33.3. The summed E-state index contributed by atoms with van der Waals surface area (Å²) in [5.74, 6) is 0.956. The van der Waals surface area contributed by atoms with E-state index in [2.05, 4.69) is 63.9 Å². The second-order valence-corrected chi connectivity index (χ2v) is 9.27. The van der Waals surface area contributed by atoms with Gasteiger partial charge in [-0.2, -0.15) is 0 Å². The van der Waals surface area contributed by atoms with Crippen LogP contribution in [0.25, 0.3) is 0 Å². The summed E-state index contributed by atoms with van der Waals surface area (Å²) in [4.78, 5) is 2.57. The van der Waals surface area contributed by atoms with Gasteiger partial charge in [-0.1, -0.05) is 18.6 Å². The third-order valence-corrected chi connectivity index (χ3v) is 7.00. The van der Waals surface area contributed by atoms with Crippen LogP contribution in [0.1, 0.15) is 59.8 Å². The van der Waals surface area contributed by atoms with Crippen molar-refractivity contribution in [3.05, 3.63) is 24.3 Å². The van der Waals surface area contributed by atoms with E-state index >= 15 is 0 Å². The number of ether oxygens (including phenoxy) is 1. The zero-order valence-electron chi connectivity index (χ0n) is 16.8. The van der Waals surface area contributed by atoms with Crippen LogP contribution in [0.2, 0.25) is 0 Å². The maximum absolute atomic E-state index is 6.33. The van der Waals surface area contributed by atoms with Gasteiger partial charge in [0.1, 0.15) is 11.9 Å². The first kappa shape index (κ1) is 18.3. The molecule has 0 N–H and O–H groups in total. The van der Waals surface area contributed by atoms with E-state index in [0.29, 0.717) is 18.2 Å². The molecule has 3 saturated heterocycles. The Morgan fingerprint density at radius 1 is 0.962 bits per heavy atom. The lowest BCUT2D eigenvalue weighted by Crippen LogP contribution is -2.52. The maximum atomic E-state index is 6.33. The molecular weight excluding hydrogens is 325 g/mol. The Balaban J connectivity index is 1.40. The van der Waals surface area contributed by atoms with Gasteiger partial charge >= 0.3 is 7.12 Å². The largest absolute Gasteiger partial charge is 0.494 e. The zero-order chi connectivity index (χ0) is 18.5. The van der Waals surface area contributed by atoms with E-state index in [1.54, 1.807) is 0 Å². The summed E-state index contributed by atoms with van der Waals surface area (Å²) in [6.07, 6.45) is 6.62. The standard InChI is InChI=1S/C21H32BNO3/c1-20(2)21(3,4)26-22(25-20)15-9-11-18(12-10-15)24-19-13-16-7-6-8-17(14-19)23(16)5/h9-12,16-17,19H,6-8,13-14H2,1-5H3. The molecule has 4 nitrogen and oxygen atoms in total. The van der Waals surface area contributed by atoms with Crippen molar-refractivity contribution in [3.8, 4) is 5.75 Å². The van der Waals surface area contributed by atoms with Crippen LogP contribution in [0.15, 0.2) is 24.3 Å². The molecule has 3 aliphatic rings. The molecular formula is C21H32BNO3. The molecule has 2 unspecified atom stereocenters. The highest BCUT2D eigenvalue weighted by Gasteiger charge is 2.51. The molecule has 1 aromatic carbocycles. The molecule has 3 aliphatic heterocycles. The average molecular weight is 357 g/mol. The Morgan fingerprint density at radius 2 is 1.50 bits per heavy atom. The minimum absolute atomic E-state index is 0.307. The Morgan fingerprint density at radius 3 is 2.04 bits per heavy atom. The summed E-state index contributed by atoms with van der Waals surface area (Å²) in [6, 6.07) is 9.66. The van der Waals surface area contributed by atoms with Crippen LogP contribution in [0.3, 0.4) is 0 Å². The van der Waals surface area contributed by atoms with Gasteiger partial charge in [-0.15, -0.1) is 0 Å². The van der Waals surface area contributed by atoms with Crippen molar-refractivity contribution < 1.29 is 14.0 Å². The predicted molar refractivity (Wildman–Crippen MR) is 105 cm³/mol. The zero-order valence-corrected chi connectivity index (χ0v) is 16.8. The highest BCUT2D eigenvalue weighted by Crippen LogP contribution is 2.37. The van der Waals surface area contributed by atoms with E-state index < -0.39 is 0 Å². The van der Waals surface area contributed by atoms with Crippen LogP contribution in [0.4, 0.5) is 0 Å². The molecule has 5 heteroatoms. The Hall–Kier alpha value is -1.04. The third kappa shape index (κ3) is 3.30. The van der Waals surface area contributed by atoms with Crippen LogP contribution in [0.5, 0.6) is 5.75 Å². The minimum atomic E-state index is -0.309. The lowest BCUT2D eigenvalue weighted by molar-refractivity contribution is 0.000148. The number of hydrogen-bond acceptors (Lipinski definition) is 4. The van der Waals surface area contributed by atoms with E-state index in [1.165, 1.54) is 19.3 Å². The number of fused-ring (bicyclic) bond motifs is 2. The van der Waals surface area contributed by atoms with E-state index in [4.69, 9.17) is 14.0 Å². The molecule has 0 radical (unpaired) electrons. The molecule has 3 heterocycles. The maximum Gasteiger partial charge on any atom is 0.494 e. The molecule has 0 amide bonds. The van der Waals surface area contributed by atoms with Crippen LogP contribution in [0, 0.1) is 0 Å². The fraction of sp³-hybridized carbons (Fsp3) is 0.714. The highest BCUT2D eigenvalue weighted by atomic mass is 16.7. The van der Waals surface area contributed by atoms with Gasteiger partial charge in [-0.05, 0) is 78.0 Å². The summed E-state index contributed by atoms with van der Waals surface area (Å²) in [7, 11) is 1.97. The van der Waals surface area contributed by atoms with E-state index in [-0.39, 0.29) is 18.3 Å². The second kappa shape index (κ2) is 6.54. The van der Waals surface area contributed by atoms with Gasteiger partial charge in [0.25, 0.3) is 0 Å². The van der Waals surface area contributed by atoms with Crippen molar-refractivity contribution >= 4 is 12.6 Å². The molecule has 26 heavy (non-hydrogen) atoms. The minimum Gasteiger partial charge on any atom is -0.490 e. The molecule has 0 aliphatic carbocycles. The number of nitrogens with zero attached hydrogens (tertiary/aromatic N) is 1. The van der Waals surface area contributed by atoms with Gasteiger partial charge < -0.3 is 18.9 Å². The summed E-state index contributed by atoms with van der Waals surface area (Å²) in [5.41, 5.74) is 0.438. The van der Waals surface area contributed by atoms with Crippen molar-refractivity contribution in [3.63, 3.8) is 0 Å². The van der Waals surface area contributed by atoms with Crippen molar-refractivity contribution in [2.45, 2.75) is 89.2 Å². The van der Waals surface area contributed by atoms with Gasteiger partial charge in [0.05, 0.1) is 11.2 Å². The third-order valence-electron chi connectivity index (χ3n) is 7.00. The molecule has 142 valence electrons. The number of hydrogen-bond donors (Lipinski definition) is 0. The fourth-order valence-corrected chi connectivity index (χ4v) is 4.54. The smallest absolute Gasteiger partial charge is 0.490 e. The summed E-state index contributed by atoms with van der Waals surface area (Å²) in [6.45, 7) is 8.34. The Kier molecular flexibility index (Phi) is 4.61. The number of piperidine rings is 2. The van der Waals surface area contributed by atoms with Crippen LogP contribution >= 0.6 is 0 Å². The molecule has 0 aromatic heterocycles. The lowest BCUT2D eigenvalue weighted by Gasteiger charge is -2.46. The average Bonchev–Trinajstić information content (AvgIpc) is 2.77. The number of benzene rings is 1. The van der Waals surface area contributed by atoms with E-state index in [0.717, 1.165) is 24.1 Å². The van der Waals surface area contributed by atoms with Gasteiger partial charge in [0, 0.05) is 12.1 Å². The quantitative estimate of drug-likeness (QED) is 0.776. The summed E-state index contributed by atoms with van der Waals surface area (Å²) >= 11 is 0. The molecule has 4 rings (SSSR count). The molecule has 2 atom stereocenters. The fourth-order valence-electron chi connectivity index (χ4n) is 4.54. The lowest BCUT2D eigenvalue weighted by atomic mass is 9.79. The van der Waals surface area contributed by atoms with E-state index in [9.17, 15) is 0 Å². The highest BCUT2D eigenvalue weighted by molar-refractivity contribution is 6.62. The van der Waals surface area contributed by atoms with Gasteiger partial charge in [-0.25, -0.2) is 0 Å². The Labute approximate surface area is 158 Å². The SMILES string of the molecule is CN1C2CCCC1CC(Oc1ccc(B3OC(C)(C)C(C)(C)O3)cc1)C2. The van der Waals surface area contributed by atoms with Crippen LogP contribution in [-0.4, -0.2) is 48.5 Å². The first-order valence-electron chi connectivity index (χ1n) is 10.1. The number of rotatable bonds is 3. The molecule has 2 bridgehead atoms. The van der Waals surface area contributed by atoms with Crippen molar-refractivity contribution in [1.29, 1.82) is 0 Å². The monoisotopic (exact) mass is 357 g/mol. The summed E-state index contributed by atoms with van der Waals surface area (Å²) < 4.78 is 18.6. The van der Waals surface area contributed by atoms with Gasteiger partial charge in [0.15, 0.2) is 0 Å². The molecule has 3 fully saturated rings. The molecule has 0 spiro atoms. The predicted octanol–water partition coefficient (Wildman–Crippen LogP) is 3.38. The summed E-state index contributed by atoms with van der Waals surface area (Å²) in [5, 5.41) is 0. The van der Waals surface area contributed by atoms with Crippen molar-refractivity contribution in [2.75, 3.05) is 7.05 Å². The van der Waals surface area contributed by atoms with Gasteiger partial charge in [0.2, 0.25) is 0 Å². The second-order valence-electron chi connectivity index (χ2n) is 9.27. The van der Waals surface area contributed by atoms with Crippen LogP contribution < -0.4 is 10.2 Å². The Bertz CT molecular complexity index is 615.